The van der Waals surface area contributed by atoms with Crippen LogP contribution >= 0.6 is 0 Å². The van der Waals surface area contributed by atoms with Gasteiger partial charge >= 0.3 is 5.97 Å². The largest absolute Gasteiger partial charge is 0.465 e. The Morgan fingerprint density at radius 2 is 2.00 bits per heavy atom. The van der Waals surface area contributed by atoms with Crippen LogP contribution in [0, 0.1) is 0 Å². The molecule has 0 fully saturated rings. The van der Waals surface area contributed by atoms with Crippen molar-refractivity contribution in [1.82, 2.24) is 0 Å². The van der Waals surface area contributed by atoms with Gasteiger partial charge in [-0.2, -0.15) is 0 Å². The van der Waals surface area contributed by atoms with Crippen molar-refractivity contribution in [1.29, 1.82) is 0 Å². The van der Waals surface area contributed by atoms with E-state index in [-0.39, 0.29) is 5.97 Å². The number of rotatable bonds is 3. The minimum atomic E-state index is -0.303. The normalized spacial score (nSPS) is 11.9. The number of esters is 1. The summed E-state index contributed by atoms with van der Waals surface area (Å²) >= 11 is 0. The van der Waals surface area contributed by atoms with Gasteiger partial charge in [0.1, 0.15) is 0 Å². The third-order valence-electron chi connectivity index (χ3n) is 2.21. The first-order chi connectivity index (χ1) is 6.69. The van der Waals surface area contributed by atoms with E-state index in [0.717, 1.165) is 5.56 Å². The Morgan fingerprint density at radius 1 is 1.43 bits per heavy atom. The highest BCUT2D eigenvalue weighted by molar-refractivity contribution is 5.89. The predicted molar refractivity (Wildman–Crippen MR) is 56.4 cm³/mol. The molecular formula is C12H14O2. The molecule has 0 heterocycles. The van der Waals surface area contributed by atoms with Crippen LogP contribution in [0.15, 0.2) is 36.9 Å². The number of hydrogen-bond acceptors (Lipinski definition) is 2. The summed E-state index contributed by atoms with van der Waals surface area (Å²) in [6.45, 7) is 5.77. The van der Waals surface area contributed by atoms with Crippen LogP contribution in [0.2, 0.25) is 0 Å². The summed E-state index contributed by atoms with van der Waals surface area (Å²) in [6, 6.07) is 7.36. The quantitative estimate of drug-likeness (QED) is 0.541. The van der Waals surface area contributed by atoms with Crippen molar-refractivity contribution in [2.45, 2.75) is 12.8 Å². The standard InChI is InChI=1S/C12H14O2/c1-4-9(2)10-5-7-11(8-6-10)12(13)14-3/h4-9H,1H2,2-3H3/t9-/m1/s1. The predicted octanol–water partition coefficient (Wildman–Crippen LogP) is 2.76. The minimum Gasteiger partial charge on any atom is -0.465 e. The highest BCUT2D eigenvalue weighted by Crippen LogP contribution is 2.16. The Bertz CT molecular complexity index is 325. The van der Waals surface area contributed by atoms with Crippen LogP contribution in [-0.4, -0.2) is 13.1 Å². The van der Waals surface area contributed by atoms with Gasteiger partial charge in [0.25, 0.3) is 0 Å². The Balaban J connectivity index is 2.88. The van der Waals surface area contributed by atoms with E-state index in [2.05, 4.69) is 18.2 Å². The monoisotopic (exact) mass is 190 g/mol. The maximum Gasteiger partial charge on any atom is 0.337 e. The molecule has 2 heteroatoms. The summed E-state index contributed by atoms with van der Waals surface area (Å²) in [7, 11) is 1.38. The third-order valence-corrected chi connectivity index (χ3v) is 2.21. The van der Waals surface area contributed by atoms with E-state index in [1.807, 2.05) is 18.2 Å². The van der Waals surface area contributed by atoms with E-state index in [9.17, 15) is 4.79 Å². The van der Waals surface area contributed by atoms with E-state index >= 15 is 0 Å². The number of ether oxygens (including phenoxy) is 1. The van der Waals surface area contributed by atoms with Gasteiger partial charge in [-0.3, -0.25) is 0 Å². The molecule has 0 aliphatic heterocycles. The number of carbonyl (C=O) groups is 1. The molecule has 2 nitrogen and oxygen atoms in total. The fraction of sp³-hybridized carbons (Fsp3) is 0.250. The lowest BCUT2D eigenvalue weighted by molar-refractivity contribution is 0.0600. The van der Waals surface area contributed by atoms with E-state index in [1.54, 1.807) is 12.1 Å². The van der Waals surface area contributed by atoms with Crippen LogP contribution in [0.4, 0.5) is 0 Å². The lowest BCUT2D eigenvalue weighted by atomic mass is 10.0. The van der Waals surface area contributed by atoms with Gasteiger partial charge in [0.15, 0.2) is 0 Å². The Kier molecular flexibility index (Phi) is 3.46. The molecule has 14 heavy (non-hydrogen) atoms. The summed E-state index contributed by atoms with van der Waals surface area (Å²) < 4.78 is 4.60. The van der Waals surface area contributed by atoms with E-state index in [1.165, 1.54) is 7.11 Å². The molecule has 74 valence electrons. The number of allylic oxidation sites excluding steroid dienone is 1. The molecule has 0 amide bonds. The van der Waals surface area contributed by atoms with Gasteiger partial charge in [-0.15, -0.1) is 6.58 Å². The zero-order valence-corrected chi connectivity index (χ0v) is 8.49. The van der Waals surface area contributed by atoms with E-state index < -0.39 is 0 Å². The average molecular weight is 190 g/mol. The third kappa shape index (κ3) is 2.22. The van der Waals surface area contributed by atoms with Crippen molar-refractivity contribution in [3.05, 3.63) is 48.0 Å². The number of benzene rings is 1. The summed E-state index contributed by atoms with van der Waals surface area (Å²) in [6.07, 6.45) is 1.87. The molecule has 0 spiro atoms. The lowest BCUT2D eigenvalue weighted by Gasteiger charge is -2.06. The molecular weight excluding hydrogens is 176 g/mol. The van der Waals surface area contributed by atoms with Crippen LogP contribution < -0.4 is 0 Å². The lowest BCUT2D eigenvalue weighted by Crippen LogP contribution is -2.01. The van der Waals surface area contributed by atoms with E-state index in [4.69, 9.17) is 0 Å². The second kappa shape index (κ2) is 4.61. The maximum absolute atomic E-state index is 11.1. The van der Waals surface area contributed by atoms with Crippen molar-refractivity contribution < 1.29 is 9.53 Å². The highest BCUT2D eigenvalue weighted by atomic mass is 16.5. The van der Waals surface area contributed by atoms with Gasteiger partial charge in [0, 0.05) is 0 Å². The van der Waals surface area contributed by atoms with Crippen LogP contribution in [0.5, 0.6) is 0 Å². The zero-order chi connectivity index (χ0) is 10.6. The molecule has 0 saturated heterocycles. The molecule has 0 aromatic heterocycles. The van der Waals surface area contributed by atoms with Crippen LogP contribution in [0.25, 0.3) is 0 Å². The smallest absolute Gasteiger partial charge is 0.337 e. The molecule has 1 aromatic carbocycles. The zero-order valence-electron chi connectivity index (χ0n) is 8.49. The molecule has 0 radical (unpaired) electrons. The van der Waals surface area contributed by atoms with Crippen LogP contribution in [0.1, 0.15) is 28.8 Å². The summed E-state index contributed by atoms with van der Waals surface area (Å²) in [5, 5.41) is 0. The Labute approximate surface area is 84.2 Å². The molecule has 0 saturated carbocycles. The topological polar surface area (TPSA) is 26.3 Å². The van der Waals surface area contributed by atoms with Crippen LogP contribution in [0.3, 0.4) is 0 Å². The SMILES string of the molecule is C=C[C@@H](C)c1ccc(C(=O)OC)cc1. The van der Waals surface area contributed by atoms with Gasteiger partial charge in [0.05, 0.1) is 12.7 Å². The van der Waals surface area contributed by atoms with Crippen molar-refractivity contribution in [2.24, 2.45) is 0 Å². The van der Waals surface area contributed by atoms with Gasteiger partial charge in [-0.25, -0.2) is 4.79 Å². The van der Waals surface area contributed by atoms with Gasteiger partial charge in [0.2, 0.25) is 0 Å². The summed E-state index contributed by atoms with van der Waals surface area (Å²) in [5.41, 5.74) is 1.72. The number of hydrogen-bond donors (Lipinski definition) is 0. The van der Waals surface area contributed by atoms with Gasteiger partial charge < -0.3 is 4.74 Å². The Morgan fingerprint density at radius 3 is 2.43 bits per heavy atom. The summed E-state index contributed by atoms with van der Waals surface area (Å²) in [4.78, 5) is 11.1. The average Bonchev–Trinajstić information content (AvgIpc) is 2.27. The van der Waals surface area contributed by atoms with Crippen molar-refractivity contribution >= 4 is 5.97 Å². The molecule has 0 aliphatic carbocycles. The minimum absolute atomic E-state index is 0.303. The highest BCUT2D eigenvalue weighted by Gasteiger charge is 2.05. The molecule has 0 aliphatic rings. The van der Waals surface area contributed by atoms with Crippen molar-refractivity contribution in [3.8, 4) is 0 Å². The Hall–Kier alpha value is -1.57. The molecule has 0 unspecified atom stereocenters. The fourth-order valence-corrected chi connectivity index (χ4v) is 1.18. The molecule has 1 atom stereocenters. The first-order valence-electron chi connectivity index (χ1n) is 4.50. The van der Waals surface area contributed by atoms with E-state index in [0.29, 0.717) is 11.5 Å². The first-order valence-corrected chi connectivity index (χ1v) is 4.50. The number of methoxy groups -OCH3 is 1. The number of carbonyl (C=O) groups excluding carboxylic acids is 1. The second-order valence-corrected chi connectivity index (χ2v) is 3.14. The molecule has 1 rings (SSSR count). The molecule has 1 aromatic rings. The summed E-state index contributed by atoms with van der Waals surface area (Å²) in [5.74, 6) is 0.00417. The van der Waals surface area contributed by atoms with Crippen molar-refractivity contribution in [2.75, 3.05) is 7.11 Å². The second-order valence-electron chi connectivity index (χ2n) is 3.14. The molecule has 0 bridgehead atoms. The van der Waals surface area contributed by atoms with Gasteiger partial charge in [-0.1, -0.05) is 25.1 Å². The fourth-order valence-electron chi connectivity index (χ4n) is 1.18. The van der Waals surface area contributed by atoms with Gasteiger partial charge in [-0.05, 0) is 23.6 Å². The van der Waals surface area contributed by atoms with Crippen molar-refractivity contribution in [3.63, 3.8) is 0 Å². The first kappa shape index (κ1) is 10.5. The molecule has 0 N–H and O–H groups in total. The van der Waals surface area contributed by atoms with Crippen LogP contribution in [-0.2, 0) is 4.74 Å². The maximum atomic E-state index is 11.1.